The fraction of sp³-hybridized carbons (Fsp3) is 0.125. The number of hydrogen-bond donors (Lipinski definition) is 1. The lowest BCUT2D eigenvalue weighted by Crippen LogP contribution is -1.91. The number of nitrogens with zero attached hydrogens (tertiary/aromatic N) is 1. The van der Waals surface area contributed by atoms with Crippen molar-refractivity contribution in [1.29, 1.82) is 0 Å². The number of aromatic nitrogens is 1. The molecule has 0 amide bonds. The molecule has 0 radical (unpaired) electrons. The van der Waals surface area contributed by atoms with Crippen LogP contribution >= 0.6 is 10.7 Å². The molecule has 0 aliphatic rings. The van der Waals surface area contributed by atoms with Crippen molar-refractivity contribution in [3.05, 3.63) is 24.5 Å². The summed E-state index contributed by atoms with van der Waals surface area (Å²) >= 11 is 0. The van der Waals surface area contributed by atoms with Crippen LogP contribution < -0.4 is 5.73 Å². The van der Waals surface area contributed by atoms with E-state index in [0.29, 0.717) is 6.54 Å². The minimum Gasteiger partial charge on any atom is -0.320 e. The second-order valence-electron chi connectivity index (χ2n) is 2.03. The van der Waals surface area contributed by atoms with Crippen LogP contribution in [0.5, 0.6) is 0 Å². The molecule has 14 heavy (non-hydrogen) atoms. The van der Waals surface area contributed by atoms with Gasteiger partial charge in [-0.1, -0.05) is 5.92 Å². The van der Waals surface area contributed by atoms with E-state index in [1.165, 1.54) is 24.5 Å². The molecule has 0 fully saturated rings. The number of terminal acetylenes is 1. The summed E-state index contributed by atoms with van der Waals surface area (Å²) in [4.78, 5) is 3.61. The van der Waals surface area contributed by atoms with Crippen molar-refractivity contribution in [1.82, 2.24) is 4.98 Å². The van der Waals surface area contributed by atoms with Crippen molar-refractivity contribution in [2.75, 3.05) is 6.54 Å². The Hall–Kier alpha value is -1.09. The van der Waals surface area contributed by atoms with Crippen LogP contribution in [-0.4, -0.2) is 19.9 Å². The molecule has 4 nitrogen and oxygen atoms in total. The van der Waals surface area contributed by atoms with Gasteiger partial charge in [-0.2, -0.15) is 0 Å². The predicted octanol–water partition coefficient (Wildman–Crippen LogP) is 0.587. The molecule has 76 valence electrons. The molecule has 2 N–H and O–H groups in total. The van der Waals surface area contributed by atoms with Crippen molar-refractivity contribution < 1.29 is 8.42 Å². The Kier molecular flexibility index (Phi) is 5.88. The smallest absolute Gasteiger partial charge is 0.262 e. The largest absolute Gasteiger partial charge is 0.320 e. The first kappa shape index (κ1) is 12.9. The van der Waals surface area contributed by atoms with Gasteiger partial charge in [0.2, 0.25) is 0 Å². The molecule has 0 aliphatic carbocycles. The summed E-state index contributed by atoms with van der Waals surface area (Å²) < 4.78 is 21.1. The van der Waals surface area contributed by atoms with Crippen molar-refractivity contribution in [2.45, 2.75) is 4.90 Å². The average Bonchev–Trinajstić information content (AvgIpc) is 2.18. The molecular weight excluding hydrogens is 224 g/mol. The van der Waals surface area contributed by atoms with E-state index in [1.807, 2.05) is 0 Å². The molecule has 1 rings (SSSR count). The summed E-state index contributed by atoms with van der Waals surface area (Å²) in [6.45, 7) is 0.347. The Bertz CT molecular complexity index is 397. The maximum atomic E-state index is 10.6. The van der Waals surface area contributed by atoms with Crippen molar-refractivity contribution in [3.63, 3.8) is 0 Å². The fourth-order valence-corrected chi connectivity index (χ4v) is 1.19. The minimum absolute atomic E-state index is 0.0247. The van der Waals surface area contributed by atoms with Crippen LogP contribution in [-0.2, 0) is 9.05 Å². The molecule has 0 aromatic carbocycles. The first-order valence-electron chi connectivity index (χ1n) is 3.50. The van der Waals surface area contributed by atoms with Crippen LogP contribution in [0.25, 0.3) is 0 Å². The SMILES string of the molecule is C#CCN.O=S(=O)(Cl)c1cccnc1. The summed E-state index contributed by atoms with van der Waals surface area (Å²) in [6.07, 6.45) is 7.33. The lowest BCUT2D eigenvalue weighted by atomic mass is 10.5. The zero-order chi connectivity index (χ0) is 11.0. The van der Waals surface area contributed by atoms with Gasteiger partial charge in [-0.25, -0.2) is 8.42 Å². The van der Waals surface area contributed by atoms with Crippen LogP contribution in [0, 0.1) is 12.3 Å². The molecule has 1 aromatic heterocycles. The van der Waals surface area contributed by atoms with E-state index in [0.717, 1.165) is 0 Å². The quantitative estimate of drug-likeness (QED) is 0.568. The van der Waals surface area contributed by atoms with E-state index < -0.39 is 9.05 Å². The monoisotopic (exact) mass is 232 g/mol. The summed E-state index contributed by atoms with van der Waals surface area (Å²) in [5, 5.41) is 0. The molecule has 0 saturated heterocycles. The summed E-state index contributed by atoms with van der Waals surface area (Å²) in [6, 6.07) is 2.89. The van der Waals surface area contributed by atoms with Crippen molar-refractivity contribution in [3.8, 4) is 12.3 Å². The van der Waals surface area contributed by atoms with Crippen LogP contribution in [0.2, 0.25) is 0 Å². The highest BCUT2D eigenvalue weighted by molar-refractivity contribution is 8.13. The first-order chi connectivity index (χ1) is 6.52. The summed E-state index contributed by atoms with van der Waals surface area (Å²) in [7, 11) is 1.40. The number of pyridine rings is 1. The number of nitrogens with two attached hydrogens (primary N) is 1. The zero-order valence-electron chi connectivity index (χ0n) is 7.22. The summed E-state index contributed by atoms with van der Waals surface area (Å²) in [5.74, 6) is 2.21. The molecule has 0 bridgehead atoms. The maximum Gasteiger partial charge on any atom is 0.262 e. The van der Waals surface area contributed by atoms with Gasteiger partial charge < -0.3 is 5.73 Å². The Labute approximate surface area is 87.5 Å². The van der Waals surface area contributed by atoms with Gasteiger partial charge >= 0.3 is 0 Å². The fourth-order valence-electron chi connectivity index (χ4n) is 0.491. The van der Waals surface area contributed by atoms with E-state index in [-0.39, 0.29) is 4.90 Å². The zero-order valence-corrected chi connectivity index (χ0v) is 8.79. The predicted molar refractivity (Wildman–Crippen MR) is 55.2 cm³/mol. The van der Waals surface area contributed by atoms with Crippen molar-refractivity contribution in [2.24, 2.45) is 5.73 Å². The second-order valence-corrected chi connectivity index (χ2v) is 4.60. The van der Waals surface area contributed by atoms with Gasteiger partial charge in [0.05, 0.1) is 6.54 Å². The Morgan fingerprint density at radius 3 is 2.43 bits per heavy atom. The Morgan fingerprint density at radius 2 is 2.21 bits per heavy atom. The molecule has 1 heterocycles. The van der Waals surface area contributed by atoms with E-state index >= 15 is 0 Å². The standard InChI is InChI=1S/C5H4ClNO2S.C3H5N/c6-10(8,9)5-2-1-3-7-4-5;1-2-3-4/h1-4H;1H,3-4H2. The normalized spacial score (nSPS) is 9.50. The highest BCUT2D eigenvalue weighted by Crippen LogP contribution is 2.11. The summed E-state index contributed by atoms with van der Waals surface area (Å²) in [5.41, 5.74) is 4.79. The van der Waals surface area contributed by atoms with E-state index in [4.69, 9.17) is 16.4 Å². The van der Waals surface area contributed by atoms with Crippen LogP contribution in [0.3, 0.4) is 0 Å². The molecular formula is C8H9ClN2O2S. The number of halogens is 1. The molecule has 0 unspecified atom stereocenters. The highest BCUT2D eigenvalue weighted by atomic mass is 35.7. The molecule has 0 saturated carbocycles. The third-order valence-corrected chi connectivity index (χ3v) is 2.37. The number of hydrogen-bond acceptors (Lipinski definition) is 4. The molecule has 0 aliphatic heterocycles. The Morgan fingerprint density at radius 1 is 1.64 bits per heavy atom. The van der Waals surface area contributed by atoms with Gasteiger partial charge in [-0.3, -0.25) is 4.98 Å². The second kappa shape index (κ2) is 6.38. The third kappa shape index (κ3) is 5.54. The number of rotatable bonds is 1. The van der Waals surface area contributed by atoms with Gasteiger partial charge in [0, 0.05) is 23.1 Å². The third-order valence-electron chi connectivity index (χ3n) is 1.03. The maximum absolute atomic E-state index is 10.6. The van der Waals surface area contributed by atoms with E-state index in [2.05, 4.69) is 17.3 Å². The molecule has 0 spiro atoms. The molecule has 6 heteroatoms. The lowest BCUT2D eigenvalue weighted by Gasteiger charge is -1.90. The van der Waals surface area contributed by atoms with Gasteiger partial charge in [0.25, 0.3) is 9.05 Å². The van der Waals surface area contributed by atoms with Gasteiger partial charge in [0.1, 0.15) is 4.90 Å². The molecule has 1 aromatic rings. The van der Waals surface area contributed by atoms with Crippen LogP contribution in [0.15, 0.2) is 29.4 Å². The van der Waals surface area contributed by atoms with Crippen LogP contribution in [0.1, 0.15) is 0 Å². The first-order valence-corrected chi connectivity index (χ1v) is 5.81. The topological polar surface area (TPSA) is 73.1 Å². The molecule has 0 atom stereocenters. The average molecular weight is 233 g/mol. The van der Waals surface area contributed by atoms with Gasteiger partial charge in [-0.15, -0.1) is 6.42 Å². The van der Waals surface area contributed by atoms with Gasteiger partial charge in [-0.05, 0) is 12.1 Å². The minimum atomic E-state index is -3.59. The van der Waals surface area contributed by atoms with E-state index in [1.54, 1.807) is 0 Å². The van der Waals surface area contributed by atoms with Crippen LogP contribution in [0.4, 0.5) is 0 Å². The van der Waals surface area contributed by atoms with E-state index in [9.17, 15) is 8.42 Å². The van der Waals surface area contributed by atoms with Crippen molar-refractivity contribution >= 4 is 19.7 Å². The highest BCUT2D eigenvalue weighted by Gasteiger charge is 2.07. The van der Waals surface area contributed by atoms with Gasteiger partial charge in [0.15, 0.2) is 0 Å². The Balaban J connectivity index is 0.000000364. The lowest BCUT2D eigenvalue weighted by molar-refractivity contribution is 0.609.